The van der Waals surface area contributed by atoms with Gasteiger partial charge in [0.1, 0.15) is 6.54 Å². The van der Waals surface area contributed by atoms with Gasteiger partial charge in [0, 0.05) is 17.3 Å². The molecule has 1 aromatic heterocycles. The standard InChI is InChI=1S/C11H10N2O3/c14-10(15)6-13-11(16)8-2-1-7-3-4-12-9(7)5-8/h1-5,12H,6H2,(H,13,16)(H,14,15). The van der Waals surface area contributed by atoms with Gasteiger partial charge in [0.05, 0.1) is 0 Å². The van der Waals surface area contributed by atoms with Crippen LogP contribution in [-0.4, -0.2) is 28.5 Å². The first kappa shape index (κ1) is 10.2. The number of rotatable bonds is 3. The molecule has 0 unspecified atom stereocenters. The van der Waals surface area contributed by atoms with Gasteiger partial charge in [-0.25, -0.2) is 0 Å². The number of aromatic nitrogens is 1. The maximum Gasteiger partial charge on any atom is 0.322 e. The van der Waals surface area contributed by atoms with Crippen LogP contribution in [-0.2, 0) is 4.79 Å². The third-order valence-corrected chi connectivity index (χ3v) is 2.22. The summed E-state index contributed by atoms with van der Waals surface area (Å²) in [6.07, 6.45) is 1.78. The topological polar surface area (TPSA) is 82.2 Å². The molecule has 1 heterocycles. The molecule has 2 aromatic rings. The Morgan fingerprint density at radius 3 is 2.88 bits per heavy atom. The van der Waals surface area contributed by atoms with Crippen molar-refractivity contribution in [3.05, 3.63) is 36.0 Å². The Hall–Kier alpha value is -2.30. The first-order valence-corrected chi connectivity index (χ1v) is 4.74. The monoisotopic (exact) mass is 218 g/mol. The SMILES string of the molecule is O=C(O)CNC(=O)c1ccc2cc[nH]c2c1. The number of hydrogen-bond donors (Lipinski definition) is 3. The van der Waals surface area contributed by atoms with Crippen molar-refractivity contribution in [2.75, 3.05) is 6.54 Å². The molecule has 0 aliphatic heterocycles. The zero-order chi connectivity index (χ0) is 11.5. The van der Waals surface area contributed by atoms with Crippen LogP contribution in [0.5, 0.6) is 0 Å². The molecule has 3 N–H and O–H groups in total. The number of amides is 1. The van der Waals surface area contributed by atoms with Crippen molar-refractivity contribution >= 4 is 22.8 Å². The van der Waals surface area contributed by atoms with Crippen LogP contribution in [0.25, 0.3) is 10.9 Å². The summed E-state index contributed by atoms with van der Waals surface area (Å²) in [7, 11) is 0. The van der Waals surface area contributed by atoms with E-state index in [0.717, 1.165) is 10.9 Å². The highest BCUT2D eigenvalue weighted by Crippen LogP contribution is 2.13. The Morgan fingerprint density at radius 2 is 2.12 bits per heavy atom. The van der Waals surface area contributed by atoms with Crippen molar-refractivity contribution < 1.29 is 14.7 Å². The molecule has 0 saturated carbocycles. The quantitative estimate of drug-likeness (QED) is 0.718. The molecule has 16 heavy (non-hydrogen) atoms. The van der Waals surface area contributed by atoms with Gasteiger partial charge in [-0.1, -0.05) is 6.07 Å². The van der Waals surface area contributed by atoms with Crippen LogP contribution in [0.2, 0.25) is 0 Å². The third kappa shape index (κ3) is 2.03. The number of nitrogens with one attached hydrogen (secondary N) is 2. The number of benzene rings is 1. The molecule has 2 rings (SSSR count). The minimum atomic E-state index is -1.06. The van der Waals surface area contributed by atoms with Crippen molar-refractivity contribution in [2.24, 2.45) is 0 Å². The molecule has 5 heteroatoms. The zero-order valence-electron chi connectivity index (χ0n) is 8.36. The molecule has 0 fully saturated rings. The normalized spacial score (nSPS) is 10.2. The summed E-state index contributed by atoms with van der Waals surface area (Å²) < 4.78 is 0. The van der Waals surface area contributed by atoms with Gasteiger partial charge in [0.2, 0.25) is 0 Å². The van der Waals surface area contributed by atoms with E-state index < -0.39 is 5.97 Å². The van der Waals surface area contributed by atoms with Gasteiger partial charge in [-0.15, -0.1) is 0 Å². The van der Waals surface area contributed by atoms with Crippen molar-refractivity contribution in [2.45, 2.75) is 0 Å². The van der Waals surface area contributed by atoms with Crippen LogP contribution in [0.15, 0.2) is 30.5 Å². The van der Waals surface area contributed by atoms with Crippen LogP contribution in [0.1, 0.15) is 10.4 Å². The van der Waals surface area contributed by atoms with E-state index >= 15 is 0 Å². The number of fused-ring (bicyclic) bond motifs is 1. The minimum absolute atomic E-state index is 0.373. The summed E-state index contributed by atoms with van der Waals surface area (Å²) in [6.45, 7) is -0.373. The third-order valence-electron chi connectivity index (χ3n) is 2.22. The fourth-order valence-corrected chi connectivity index (χ4v) is 1.45. The fourth-order valence-electron chi connectivity index (χ4n) is 1.45. The molecular formula is C11H10N2O3. The van der Waals surface area contributed by atoms with Gasteiger partial charge < -0.3 is 15.4 Å². The van der Waals surface area contributed by atoms with Gasteiger partial charge in [-0.05, 0) is 23.6 Å². The summed E-state index contributed by atoms with van der Waals surface area (Å²) >= 11 is 0. The molecule has 0 bridgehead atoms. The molecule has 0 aliphatic carbocycles. The average molecular weight is 218 g/mol. The molecule has 0 radical (unpaired) electrons. The van der Waals surface area contributed by atoms with E-state index in [2.05, 4.69) is 10.3 Å². The number of aromatic amines is 1. The van der Waals surface area contributed by atoms with Gasteiger partial charge >= 0.3 is 5.97 Å². The molecular weight excluding hydrogens is 208 g/mol. The van der Waals surface area contributed by atoms with Crippen LogP contribution in [0, 0.1) is 0 Å². The maximum atomic E-state index is 11.5. The Balaban J connectivity index is 2.19. The molecule has 0 saturated heterocycles. The van der Waals surface area contributed by atoms with E-state index in [9.17, 15) is 9.59 Å². The average Bonchev–Trinajstić information content (AvgIpc) is 2.72. The number of carboxylic acid groups (broad SMARTS) is 1. The highest BCUT2D eigenvalue weighted by atomic mass is 16.4. The summed E-state index contributed by atoms with van der Waals surface area (Å²) in [4.78, 5) is 24.8. The van der Waals surface area contributed by atoms with Gasteiger partial charge in [0.25, 0.3) is 5.91 Å². The van der Waals surface area contributed by atoms with E-state index in [1.54, 1.807) is 18.3 Å². The predicted octanol–water partition coefficient (Wildman–Crippen LogP) is 0.982. The second-order valence-corrected chi connectivity index (χ2v) is 3.36. The first-order chi connectivity index (χ1) is 7.66. The number of carboxylic acids is 1. The number of carbonyl (C=O) groups is 2. The number of H-pyrrole nitrogens is 1. The molecule has 5 nitrogen and oxygen atoms in total. The first-order valence-electron chi connectivity index (χ1n) is 4.74. The molecule has 1 amide bonds. The van der Waals surface area contributed by atoms with Gasteiger partial charge in [-0.2, -0.15) is 0 Å². The Morgan fingerprint density at radius 1 is 1.31 bits per heavy atom. The summed E-state index contributed by atoms with van der Waals surface area (Å²) in [6, 6.07) is 7.05. The van der Waals surface area contributed by atoms with Crippen molar-refractivity contribution in [3.63, 3.8) is 0 Å². The number of aliphatic carboxylic acids is 1. The molecule has 0 spiro atoms. The predicted molar refractivity (Wildman–Crippen MR) is 58.3 cm³/mol. The van der Waals surface area contributed by atoms with E-state index in [4.69, 9.17) is 5.11 Å². The van der Waals surface area contributed by atoms with Crippen molar-refractivity contribution in [3.8, 4) is 0 Å². The smallest absolute Gasteiger partial charge is 0.322 e. The van der Waals surface area contributed by atoms with Crippen LogP contribution < -0.4 is 5.32 Å². The van der Waals surface area contributed by atoms with Crippen molar-refractivity contribution in [1.29, 1.82) is 0 Å². The largest absolute Gasteiger partial charge is 0.480 e. The highest BCUT2D eigenvalue weighted by molar-refractivity contribution is 5.98. The second-order valence-electron chi connectivity index (χ2n) is 3.36. The van der Waals surface area contributed by atoms with E-state index in [1.165, 1.54) is 0 Å². The molecule has 82 valence electrons. The van der Waals surface area contributed by atoms with Crippen LogP contribution in [0.4, 0.5) is 0 Å². The highest BCUT2D eigenvalue weighted by Gasteiger charge is 2.07. The summed E-state index contributed by atoms with van der Waals surface area (Å²) in [5.74, 6) is -1.45. The lowest BCUT2D eigenvalue weighted by Crippen LogP contribution is -2.29. The summed E-state index contributed by atoms with van der Waals surface area (Å²) in [5.41, 5.74) is 1.29. The lowest BCUT2D eigenvalue weighted by Gasteiger charge is -2.02. The van der Waals surface area contributed by atoms with E-state index in [1.807, 2.05) is 12.1 Å². The Kier molecular flexibility index (Phi) is 2.59. The van der Waals surface area contributed by atoms with Crippen LogP contribution in [0.3, 0.4) is 0 Å². The van der Waals surface area contributed by atoms with Gasteiger partial charge in [0.15, 0.2) is 0 Å². The number of hydrogen-bond acceptors (Lipinski definition) is 2. The lowest BCUT2D eigenvalue weighted by molar-refractivity contribution is -0.135. The second kappa shape index (κ2) is 4.06. The number of carbonyl (C=O) groups excluding carboxylic acids is 1. The van der Waals surface area contributed by atoms with E-state index in [-0.39, 0.29) is 12.5 Å². The van der Waals surface area contributed by atoms with E-state index in [0.29, 0.717) is 5.56 Å². The Labute approximate surface area is 91.1 Å². The maximum absolute atomic E-state index is 11.5. The van der Waals surface area contributed by atoms with Crippen molar-refractivity contribution in [1.82, 2.24) is 10.3 Å². The lowest BCUT2D eigenvalue weighted by atomic mass is 10.1. The Bertz CT molecular complexity index is 545. The fraction of sp³-hybridized carbons (Fsp3) is 0.0909. The zero-order valence-corrected chi connectivity index (χ0v) is 8.36. The molecule has 0 atom stereocenters. The van der Waals surface area contributed by atoms with Crippen LogP contribution >= 0.6 is 0 Å². The minimum Gasteiger partial charge on any atom is -0.480 e. The summed E-state index contributed by atoms with van der Waals surface area (Å²) in [5, 5.41) is 11.7. The van der Waals surface area contributed by atoms with Gasteiger partial charge in [-0.3, -0.25) is 9.59 Å². The molecule has 1 aromatic carbocycles. The molecule has 0 aliphatic rings.